The van der Waals surface area contributed by atoms with E-state index in [1.54, 1.807) is 0 Å². The van der Waals surface area contributed by atoms with Gasteiger partial charge in [0.05, 0.1) is 11.4 Å². The van der Waals surface area contributed by atoms with Crippen LogP contribution < -0.4 is 5.32 Å². The van der Waals surface area contributed by atoms with Crippen LogP contribution in [0.15, 0.2) is 30.3 Å². The Bertz CT molecular complexity index is 561. The van der Waals surface area contributed by atoms with Crippen molar-refractivity contribution in [1.82, 2.24) is 15.3 Å². The Morgan fingerprint density at radius 3 is 2.56 bits per heavy atom. The largest absolute Gasteiger partial charge is 0.307 e. The summed E-state index contributed by atoms with van der Waals surface area (Å²) >= 11 is 0. The Morgan fingerprint density at radius 2 is 1.83 bits per heavy atom. The highest BCUT2D eigenvalue weighted by Crippen LogP contribution is 2.26. The third kappa shape index (κ3) is 1.91. The van der Waals surface area contributed by atoms with Crippen LogP contribution >= 0.6 is 0 Å². The lowest BCUT2D eigenvalue weighted by Gasteiger charge is -2.12. The first-order chi connectivity index (χ1) is 8.75. The molecule has 0 unspecified atom stereocenters. The van der Waals surface area contributed by atoms with E-state index in [1.165, 1.54) is 11.3 Å². The van der Waals surface area contributed by atoms with Crippen molar-refractivity contribution in [2.24, 2.45) is 0 Å². The van der Waals surface area contributed by atoms with E-state index in [9.17, 15) is 0 Å². The maximum atomic E-state index is 4.76. The number of fused-ring (bicyclic) bond motifs is 1. The molecule has 0 atom stereocenters. The van der Waals surface area contributed by atoms with Gasteiger partial charge in [0.25, 0.3) is 0 Å². The number of hydrogen-bond acceptors (Lipinski definition) is 3. The first kappa shape index (κ1) is 11.4. The molecule has 0 aliphatic carbocycles. The minimum absolute atomic E-state index is 0.434. The molecule has 1 aromatic carbocycles. The number of nitrogens with one attached hydrogen (secondary N) is 1. The predicted molar refractivity (Wildman–Crippen MR) is 72.1 cm³/mol. The summed E-state index contributed by atoms with van der Waals surface area (Å²) in [5.41, 5.74) is 4.73. The van der Waals surface area contributed by atoms with Crippen LogP contribution in [0.4, 0.5) is 0 Å². The van der Waals surface area contributed by atoms with Gasteiger partial charge in [0.2, 0.25) is 0 Å². The van der Waals surface area contributed by atoms with E-state index in [2.05, 4.69) is 31.3 Å². The van der Waals surface area contributed by atoms with Crippen LogP contribution in [0.2, 0.25) is 0 Å². The Morgan fingerprint density at radius 1 is 1.06 bits per heavy atom. The number of hydrogen-bond donors (Lipinski definition) is 1. The number of rotatable bonds is 2. The van der Waals surface area contributed by atoms with E-state index in [4.69, 9.17) is 9.97 Å². The van der Waals surface area contributed by atoms with Crippen molar-refractivity contribution < 1.29 is 0 Å². The summed E-state index contributed by atoms with van der Waals surface area (Å²) in [5, 5.41) is 3.36. The second-order valence-corrected chi connectivity index (χ2v) is 4.98. The molecule has 92 valence electrons. The molecule has 1 aromatic heterocycles. The summed E-state index contributed by atoms with van der Waals surface area (Å²) < 4.78 is 0. The molecular formula is C15H17N3. The van der Waals surface area contributed by atoms with Gasteiger partial charge in [-0.3, -0.25) is 0 Å². The highest BCUT2D eigenvalue weighted by molar-refractivity contribution is 5.56. The van der Waals surface area contributed by atoms with Gasteiger partial charge in [-0.05, 0) is 5.92 Å². The predicted octanol–water partition coefficient (Wildman–Crippen LogP) is 2.87. The van der Waals surface area contributed by atoms with Crippen molar-refractivity contribution in [3.8, 4) is 11.4 Å². The summed E-state index contributed by atoms with van der Waals surface area (Å²) in [6, 6.07) is 10.2. The van der Waals surface area contributed by atoms with Crippen molar-refractivity contribution in [2.75, 3.05) is 0 Å². The molecule has 0 saturated heterocycles. The molecule has 3 rings (SSSR count). The first-order valence-electron chi connectivity index (χ1n) is 6.41. The van der Waals surface area contributed by atoms with E-state index < -0.39 is 0 Å². The standard InChI is InChI=1S/C15H17N3/c1-10(2)14-12-8-16-9-13(12)17-15(18-14)11-6-4-3-5-7-11/h3-7,10,16H,8-9H2,1-2H3. The van der Waals surface area contributed by atoms with Crippen LogP contribution in [0, 0.1) is 0 Å². The minimum atomic E-state index is 0.434. The van der Waals surface area contributed by atoms with Gasteiger partial charge < -0.3 is 5.32 Å². The van der Waals surface area contributed by atoms with Crippen LogP contribution in [-0.4, -0.2) is 9.97 Å². The Kier molecular flexibility index (Phi) is 2.84. The highest BCUT2D eigenvalue weighted by atomic mass is 15.0. The topological polar surface area (TPSA) is 37.8 Å². The summed E-state index contributed by atoms with van der Waals surface area (Å²) in [4.78, 5) is 9.46. The molecule has 3 nitrogen and oxygen atoms in total. The number of nitrogens with zero attached hydrogens (tertiary/aromatic N) is 2. The first-order valence-corrected chi connectivity index (χ1v) is 6.41. The molecule has 0 spiro atoms. The van der Waals surface area contributed by atoms with Gasteiger partial charge in [-0.1, -0.05) is 44.2 Å². The molecule has 3 heteroatoms. The fourth-order valence-corrected chi connectivity index (χ4v) is 2.39. The molecule has 0 amide bonds. The fourth-order valence-electron chi connectivity index (χ4n) is 2.39. The van der Waals surface area contributed by atoms with Crippen LogP contribution in [-0.2, 0) is 13.1 Å². The van der Waals surface area contributed by atoms with E-state index in [-0.39, 0.29) is 0 Å². The molecule has 0 bridgehead atoms. The van der Waals surface area contributed by atoms with Crippen LogP contribution in [0.1, 0.15) is 36.7 Å². The third-order valence-corrected chi connectivity index (χ3v) is 3.30. The van der Waals surface area contributed by atoms with Crippen molar-refractivity contribution in [3.05, 3.63) is 47.3 Å². The summed E-state index contributed by atoms with van der Waals surface area (Å²) in [7, 11) is 0. The normalized spacial score (nSPS) is 13.9. The zero-order valence-electron chi connectivity index (χ0n) is 10.8. The van der Waals surface area contributed by atoms with E-state index in [0.717, 1.165) is 30.2 Å². The molecule has 2 heterocycles. The Balaban J connectivity index is 2.15. The molecule has 0 saturated carbocycles. The second kappa shape index (κ2) is 4.50. The molecule has 0 radical (unpaired) electrons. The molecule has 0 fully saturated rings. The van der Waals surface area contributed by atoms with Gasteiger partial charge in [-0.15, -0.1) is 0 Å². The van der Waals surface area contributed by atoms with Crippen LogP contribution in [0.3, 0.4) is 0 Å². The summed E-state index contributed by atoms with van der Waals surface area (Å²) in [6.07, 6.45) is 0. The average molecular weight is 239 g/mol. The molecular weight excluding hydrogens is 222 g/mol. The average Bonchev–Trinajstić information content (AvgIpc) is 2.86. The summed E-state index contributed by atoms with van der Waals surface area (Å²) in [5.74, 6) is 1.28. The molecule has 2 aromatic rings. The molecule has 1 N–H and O–H groups in total. The van der Waals surface area contributed by atoms with Gasteiger partial charge in [0, 0.05) is 24.2 Å². The zero-order chi connectivity index (χ0) is 12.5. The maximum Gasteiger partial charge on any atom is 0.159 e. The van der Waals surface area contributed by atoms with Gasteiger partial charge >= 0.3 is 0 Å². The monoisotopic (exact) mass is 239 g/mol. The maximum absolute atomic E-state index is 4.76. The number of aromatic nitrogens is 2. The fraction of sp³-hybridized carbons (Fsp3) is 0.333. The highest BCUT2D eigenvalue weighted by Gasteiger charge is 2.20. The van der Waals surface area contributed by atoms with E-state index >= 15 is 0 Å². The van der Waals surface area contributed by atoms with Crippen molar-refractivity contribution in [1.29, 1.82) is 0 Å². The van der Waals surface area contributed by atoms with Crippen molar-refractivity contribution in [3.63, 3.8) is 0 Å². The summed E-state index contributed by atoms with van der Waals surface area (Å²) in [6.45, 7) is 6.14. The SMILES string of the molecule is CC(C)c1nc(-c2ccccc2)nc2c1CNC2. The lowest BCUT2D eigenvalue weighted by Crippen LogP contribution is -2.05. The zero-order valence-corrected chi connectivity index (χ0v) is 10.8. The van der Waals surface area contributed by atoms with E-state index in [1.807, 2.05) is 18.2 Å². The lowest BCUT2D eigenvalue weighted by atomic mass is 10.0. The van der Waals surface area contributed by atoms with Gasteiger partial charge in [0.15, 0.2) is 5.82 Å². The lowest BCUT2D eigenvalue weighted by molar-refractivity contribution is 0.746. The third-order valence-electron chi connectivity index (χ3n) is 3.30. The van der Waals surface area contributed by atoms with Gasteiger partial charge in [-0.2, -0.15) is 0 Å². The molecule has 1 aliphatic heterocycles. The Labute approximate surface area is 107 Å². The van der Waals surface area contributed by atoms with E-state index in [0.29, 0.717) is 5.92 Å². The number of benzene rings is 1. The Hall–Kier alpha value is -1.74. The molecule has 18 heavy (non-hydrogen) atoms. The van der Waals surface area contributed by atoms with Gasteiger partial charge in [-0.25, -0.2) is 9.97 Å². The van der Waals surface area contributed by atoms with Gasteiger partial charge in [0.1, 0.15) is 0 Å². The van der Waals surface area contributed by atoms with Crippen LogP contribution in [0.5, 0.6) is 0 Å². The van der Waals surface area contributed by atoms with Crippen molar-refractivity contribution >= 4 is 0 Å². The second-order valence-electron chi connectivity index (χ2n) is 4.98. The van der Waals surface area contributed by atoms with Crippen LogP contribution in [0.25, 0.3) is 11.4 Å². The quantitative estimate of drug-likeness (QED) is 0.875. The smallest absolute Gasteiger partial charge is 0.159 e. The minimum Gasteiger partial charge on any atom is -0.307 e. The van der Waals surface area contributed by atoms with Crippen molar-refractivity contribution in [2.45, 2.75) is 32.9 Å². The molecule has 1 aliphatic rings.